The van der Waals surface area contributed by atoms with E-state index >= 15 is 0 Å². The van der Waals surface area contributed by atoms with E-state index in [-0.39, 0.29) is 11.9 Å². The van der Waals surface area contributed by atoms with E-state index in [4.69, 9.17) is 0 Å². The van der Waals surface area contributed by atoms with Gasteiger partial charge in [0.25, 0.3) is 5.91 Å². The number of nitrogens with one attached hydrogen (secondary N) is 4. The van der Waals surface area contributed by atoms with Crippen molar-refractivity contribution in [1.29, 1.82) is 0 Å². The second kappa shape index (κ2) is 9.63. The number of H-pyrrole nitrogens is 2. The molecule has 2 aromatic carbocycles. The van der Waals surface area contributed by atoms with Crippen LogP contribution in [0.25, 0.3) is 33.5 Å². The van der Waals surface area contributed by atoms with Crippen LogP contribution >= 0.6 is 0 Å². The summed E-state index contributed by atoms with van der Waals surface area (Å²) in [5.74, 6) is 0.385. The van der Waals surface area contributed by atoms with Crippen LogP contribution in [0, 0.1) is 6.92 Å². The third-order valence-electron chi connectivity index (χ3n) is 7.24. The highest BCUT2D eigenvalue weighted by Crippen LogP contribution is 2.32. The van der Waals surface area contributed by atoms with Crippen LogP contribution in [0.3, 0.4) is 0 Å². The van der Waals surface area contributed by atoms with E-state index in [0.29, 0.717) is 17.2 Å². The SMILES string of the molecule is CCNCc1cncc(-c2ccc3[nH]nc(-c4ncc(C(=O)N[C@@H]5CCc6ccccc65)[nH]4)c3c2)c1C. The van der Waals surface area contributed by atoms with Crippen molar-refractivity contribution in [2.75, 3.05) is 6.54 Å². The summed E-state index contributed by atoms with van der Waals surface area (Å²) < 4.78 is 0. The molecular formula is C29H29N7O. The molecule has 0 fully saturated rings. The van der Waals surface area contributed by atoms with E-state index in [2.05, 4.69) is 73.9 Å². The predicted octanol–water partition coefficient (Wildman–Crippen LogP) is 4.85. The number of amides is 1. The zero-order valence-corrected chi connectivity index (χ0v) is 20.9. The fourth-order valence-electron chi connectivity index (χ4n) is 5.16. The second-order valence-electron chi connectivity index (χ2n) is 9.49. The number of fused-ring (bicyclic) bond motifs is 2. The van der Waals surface area contributed by atoms with E-state index in [9.17, 15) is 4.79 Å². The van der Waals surface area contributed by atoms with Gasteiger partial charge < -0.3 is 15.6 Å². The Morgan fingerprint density at radius 2 is 2.03 bits per heavy atom. The van der Waals surface area contributed by atoms with Crippen LogP contribution in [0.1, 0.15) is 52.1 Å². The van der Waals surface area contributed by atoms with Crippen LogP contribution in [0.15, 0.2) is 61.1 Å². The first kappa shape index (κ1) is 23.1. The number of imidazole rings is 1. The summed E-state index contributed by atoms with van der Waals surface area (Å²) in [6.45, 7) is 5.92. The quantitative estimate of drug-likeness (QED) is 0.260. The van der Waals surface area contributed by atoms with Crippen molar-refractivity contribution in [2.45, 2.75) is 39.3 Å². The molecule has 0 bridgehead atoms. The first-order valence-corrected chi connectivity index (χ1v) is 12.7. The summed E-state index contributed by atoms with van der Waals surface area (Å²) in [5.41, 5.74) is 9.01. The Morgan fingerprint density at radius 1 is 1.14 bits per heavy atom. The van der Waals surface area contributed by atoms with Crippen molar-refractivity contribution in [3.8, 4) is 22.6 Å². The van der Waals surface area contributed by atoms with E-state index in [1.54, 1.807) is 6.20 Å². The molecule has 0 saturated carbocycles. The molecule has 1 aliphatic rings. The van der Waals surface area contributed by atoms with Crippen molar-refractivity contribution in [2.24, 2.45) is 0 Å². The van der Waals surface area contributed by atoms with Crippen LogP contribution in [0.5, 0.6) is 0 Å². The van der Waals surface area contributed by atoms with Gasteiger partial charge in [0.15, 0.2) is 5.82 Å². The van der Waals surface area contributed by atoms with E-state index in [0.717, 1.165) is 48.0 Å². The van der Waals surface area contributed by atoms with Crippen LogP contribution in [-0.4, -0.2) is 37.6 Å². The highest BCUT2D eigenvalue weighted by atomic mass is 16.2. The molecule has 8 nitrogen and oxygen atoms in total. The van der Waals surface area contributed by atoms with Gasteiger partial charge in [0.05, 0.1) is 17.8 Å². The maximum Gasteiger partial charge on any atom is 0.269 e. The smallest absolute Gasteiger partial charge is 0.269 e. The average Bonchev–Trinajstić information content (AvgIpc) is 3.66. The molecule has 5 aromatic rings. The number of aryl methyl sites for hydroxylation is 1. The molecule has 0 aliphatic heterocycles. The monoisotopic (exact) mass is 491 g/mol. The molecule has 1 aliphatic carbocycles. The van der Waals surface area contributed by atoms with Gasteiger partial charge >= 0.3 is 0 Å². The van der Waals surface area contributed by atoms with Crippen LogP contribution < -0.4 is 10.6 Å². The van der Waals surface area contributed by atoms with E-state index < -0.39 is 0 Å². The van der Waals surface area contributed by atoms with Crippen LogP contribution in [-0.2, 0) is 13.0 Å². The van der Waals surface area contributed by atoms with Crippen molar-refractivity contribution < 1.29 is 4.79 Å². The molecule has 0 radical (unpaired) electrons. The Hall–Kier alpha value is -4.30. The Balaban J connectivity index is 1.27. The minimum Gasteiger partial charge on any atom is -0.344 e. The maximum atomic E-state index is 13.0. The van der Waals surface area contributed by atoms with Gasteiger partial charge in [0.2, 0.25) is 0 Å². The molecule has 1 amide bonds. The Morgan fingerprint density at radius 3 is 2.92 bits per heavy atom. The summed E-state index contributed by atoms with van der Waals surface area (Å²) in [4.78, 5) is 25.2. The molecule has 37 heavy (non-hydrogen) atoms. The number of hydrogen-bond acceptors (Lipinski definition) is 5. The van der Waals surface area contributed by atoms with Gasteiger partial charge in [-0.2, -0.15) is 5.10 Å². The number of aromatic amines is 2. The predicted molar refractivity (Wildman–Crippen MR) is 144 cm³/mol. The Kier molecular flexibility index (Phi) is 6.02. The van der Waals surface area contributed by atoms with Crippen molar-refractivity contribution in [3.05, 3.63) is 89.0 Å². The lowest BCUT2D eigenvalue weighted by atomic mass is 9.98. The average molecular weight is 492 g/mol. The minimum absolute atomic E-state index is 0.0179. The van der Waals surface area contributed by atoms with E-state index in [1.165, 1.54) is 22.3 Å². The number of carbonyl (C=O) groups is 1. The van der Waals surface area contributed by atoms with Crippen molar-refractivity contribution in [3.63, 3.8) is 0 Å². The maximum absolute atomic E-state index is 13.0. The molecule has 1 atom stereocenters. The first-order valence-electron chi connectivity index (χ1n) is 12.7. The molecule has 8 heteroatoms. The fourth-order valence-corrected chi connectivity index (χ4v) is 5.16. The molecule has 4 N–H and O–H groups in total. The highest BCUT2D eigenvalue weighted by molar-refractivity contribution is 5.96. The summed E-state index contributed by atoms with van der Waals surface area (Å²) in [6.07, 6.45) is 7.28. The summed E-state index contributed by atoms with van der Waals surface area (Å²) in [5, 5.41) is 15.1. The second-order valence-corrected chi connectivity index (χ2v) is 9.49. The summed E-state index contributed by atoms with van der Waals surface area (Å²) >= 11 is 0. The molecule has 0 saturated heterocycles. The molecular weight excluding hydrogens is 462 g/mol. The normalized spacial score (nSPS) is 14.7. The minimum atomic E-state index is -0.166. The van der Waals surface area contributed by atoms with Crippen molar-refractivity contribution >= 4 is 16.8 Å². The zero-order valence-electron chi connectivity index (χ0n) is 20.9. The lowest BCUT2D eigenvalue weighted by Crippen LogP contribution is -2.27. The molecule has 186 valence electrons. The number of hydrogen-bond donors (Lipinski definition) is 4. The van der Waals surface area contributed by atoms with E-state index in [1.807, 2.05) is 30.6 Å². The Bertz CT molecular complexity index is 1600. The van der Waals surface area contributed by atoms with Gasteiger partial charge in [0.1, 0.15) is 11.4 Å². The number of carbonyl (C=O) groups excluding carboxylic acids is 1. The molecule has 3 aromatic heterocycles. The molecule has 3 heterocycles. The third-order valence-corrected chi connectivity index (χ3v) is 7.24. The van der Waals surface area contributed by atoms with Gasteiger partial charge in [-0.15, -0.1) is 0 Å². The Labute approximate surface area is 215 Å². The van der Waals surface area contributed by atoms with Gasteiger partial charge in [-0.25, -0.2) is 4.98 Å². The number of pyridine rings is 1. The lowest BCUT2D eigenvalue weighted by Gasteiger charge is -2.13. The van der Waals surface area contributed by atoms with Gasteiger partial charge in [0, 0.05) is 29.9 Å². The number of benzene rings is 2. The molecule has 0 spiro atoms. The molecule has 6 rings (SSSR count). The van der Waals surface area contributed by atoms with Gasteiger partial charge in [-0.05, 0) is 66.3 Å². The van der Waals surface area contributed by atoms with Crippen LogP contribution in [0.2, 0.25) is 0 Å². The van der Waals surface area contributed by atoms with Crippen molar-refractivity contribution in [1.82, 2.24) is 35.8 Å². The van der Waals surface area contributed by atoms with Gasteiger partial charge in [-0.3, -0.25) is 14.9 Å². The topological polar surface area (TPSA) is 111 Å². The van der Waals surface area contributed by atoms with Crippen LogP contribution in [0.4, 0.5) is 0 Å². The number of rotatable bonds is 7. The largest absolute Gasteiger partial charge is 0.344 e. The zero-order chi connectivity index (χ0) is 25.4. The molecule has 0 unspecified atom stereocenters. The summed E-state index contributed by atoms with van der Waals surface area (Å²) in [7, 11) is 0. The summed E-state index contributed by atoms with van der Waals surface area (Å²) in [6, 6.07) is 14.5. The fraction of sp³-hybridized carbons (Fsp3) is 0.241. The number of nitrogens with zero attached hydrogens (tertiary/aromatic N) is 3. The standard InChI is InChI=1S/C29H29N7O/c1-3-30-13-20-14-31-15-23(17(20)2)19-9-11-25-22(12-19)27(36-35-25)28-32-16-26(33-28)29(37)34-24-10-8-18-6-4-5-7-21(18)24/h4-7,9,11-12,14-16,24,30H,3,8,10,13H2,1-2H3,(H,32,33)(H,34,37)(H,35,36)/t24-/m1/s1. The third kappa shape index (κ3) is 4.29. The number of aromatic nitrogens is 5. The first-order chi connectivity index (χ1) is 18.1. The highest BCUT2D eigenvalue weighted by Gasteiger charge is 2.25. The lowest BCUT2D eigenvalue weighted by molar-refractivity contribution is 0.0932. The van der Waals surface area contributed by atoms with Gasteiger partial charge in [-0.1, -0.05) is 37.3 Å².